The van der Waals surface area contributed by atoms with E-state index in [-0.39, 0.29) is 11.6 Å². The van der Waals surface area contributed by atoms with E-state index in [1.807, 2.05) is 0 Å². The van der Waals surface area contributed by atoms with E-state index in [2.05, 4.69) is 25.1 Å². The molecular formula is C17H19N7O2S. The molecule has 0 saturated heterocycles. The molecule has 4 rings (SSSR count). The Labute approximate surface area is 159 Å². The number of nitrogens with two attached hydrogens (primary N) is 1. The number of primary amides is 1. The summed E-state index contributed by atoms with van der Waals surface area (Å²) in [5.41, 5.74) is 7.80. The second kappa shape index (κ2) is 6.54. The van der Waals surface area contributed by atoms with Gasteiger partial charge in [-0.05, 0) is 18.9 Å². The lowest BCUT2D eigenvalue weighted by Gasteiger charge is -2.18. The smallest absolute Gasteiger partial charge is 0.268 e. The minimum Gasteiger partial charge on any atom is -0.364 e. The van der Waals surface area contributed by atoms with Crippen molar-refractivity contribution in [2.45, 2.75) is 18.9 Å². The Hall–Kier alpha value is -3.14. The molecule has 1 aliphatic rings. The molecule has 3 heterocycles. The van der Waals surface area contributed by atoms with E-state index < -0.39 is 5.91 Å². The predicted octanol–water partition coefficient (Wildman–Crippen LogP) is 1.96. The predicted molar refractivity (Wildman–Crippen MR) is 102 cm³/mol. The molecule has 0 spiro atoms. The Bertz CT molecular complexity index is 985. The van der Waals surface area contributed by atoms with Gasteiger partial charge in [0.15, 0.2) is 10.8 Å². The second-order valence-corrected chi connectivity index (χ2v) is 7.58. The van der Waals surface area contributed by atoms with Crippen LogP contribution in [0.3, 0.4) is 0 Å². The van der Waals surface area contributed by atoms with E-state index >= 15 is 0 Å². The standard InChI is InChI=1S/C17H19N7O2S/c1-23(2)16(26)9-5-12(19-6-9)14-13(15(18)25)22-17(27-14)24(10-3-4-10)11-7-20-21-8-11/h5-8,10,19H,3-4H2,1-2H3,(H2,18,25)(H,20,21). The van der Waals surface area contributed by atoms with Crippen molar-refractivity contribution in [2.24, 2.45) is 5.73 Å². The molecule has 0 radical (unpaired) electrons. The minimum atomic E-state index is -0.606. The number of thiazole rings is 1. The van der Waals surface area contributed by atoms with Crippen molar-refractivity contribution in [3.05, 3.63) is 35.9 Å². The van der Waals surface area contributed by atoms with Gasteiger partial charge in [-0.25, -0.2) is 4.98 Å². The molecule has 4 N–H and O–H groups in total. The lowest BCUT2D eigenvalue weighted by molar-refractivity contribution is 0.0827. The largest absolute Gasteiger partial charge is 0.364 e. The number of hydrogen-bond donors (Lipinski definition) is 3. The van der Waals surface area contributed by atoms with Crippen LogP contribution in [0, 0.1) is 0 Å². The number of anilines is 2. The quantitative estimate of drug-likeness (QED) is 0.598. The third-order valence-electron chi connectivity index (χ3n) is 4.31. The van der Waals surface area contributed by atoms with Crippen molar-refractivity contribution in [2.75, 3.05) is 19.0 Å². The van der Waals surface area contributed by atoms with Crippen LogP contribution >= 0.6 is 11.3 Å². The molecule has 10 heteroatoms. The minimum absolute atomic E-state index is 0.124. The summed E-state index contributed by atoms with van der Waals surface area (Å²) < 4.78 is 0. The fraction of sp³-hybridized carbons (Fsp3) is 0.294. The average molecular weight is 385 g/mol. The van der Waals surface area contributed by atoms with Crippen LogP contribution in [0.25, 0.3) is 10.6 Å². The van der Waals surface area contributed by atoms with Crippen LogP contribution in [0.2, 0.25) is 0 Å². The van der Waals surface area contributed by atoms with E-state index in [1.54, 1.807) is 38.8 Å². The van der Waals surface area contributed by atoms with Gasteiger partial charge in [-0.1, -0.05) is 11.3 Å². The maximum atomic E-state index is 12.2. The fourth-order valence-corrected chi connectivity index (χ4v) is 4.00. The van der Waals surface area contributed by atoms with E-state index in [9.17, 15) is 9.59 Å². The molecule has 3 aromatic heterocycles. The molecular weight excluding hydrogens is 366 g/mol. The van der Waals surface area contributed by atoms with Gasteiger partial charge in [0.25, 0.3) is 11.8 Å². The van der Waals surface area contributed by atoms with Crippen molar-refractivity contribution in [1.29, 1.82) is 0 Å². The maximum absolute atomic E-state index is 12.2. The summed E-state index contributed by atoms with van der Waals surface area (Å²) in [5, 5.41) is 7.50. The molecule has 0 aromatic carbocycles. The molecule has 3 aromatic rings. The highest BCUT2D eigenvalue weighted by Gasteiger charge is 2.34. The van der Waals surface area contributed by atoms with Gasteiger partial charge >= 0.3 is 0 Å². The van der Waals surface area contributed by atoms with Crippen LogP contribution in [0.4, 0.5) is 10.8 Å². The molecule has 9 nitrogen and oxygen atoms in total. The zero-order chi connectivity index (χ0) is 19.1. The van der Waals surface area contributed by atoms with Gasteiger partial charge in [-0.3, -0.25) is 14.7 Å². The Balaban J connectivity index is 1.75. The lowest BCUT2D eigenvalue weighted by Crippen LogP contribution is -2.20. The van der Waals surface area contributed by atoms with Crippen molar-refractivity contribution < 1.29 is 9.59 Å². The SMILES string of the molecule is CN(C)C(=O)c1c[nH]c(-c2sc(N(c3cn[nH]c3)C3CC3)nc2C(N)=O)c1. The summed E-state index contributed by atoms with van der Waals surface area (Å²) in [6.45, 7) is 0. The summed E-state index contributed by atoms with van der Waals surface area (Å²) in [6, 6.07) is 2.04. The van der Waals surface area contributed by atoms with Gasteiger partial charge in [-0.2, -0.15) is 5.10 Å². The van der Waals surface area contributed by atoms with Crippen molar-refractivity contribution in [3.63, 3.8) is 0 Å². The summed E-state index contributed by atoms with van der Waals surface area (Å²) in [7, 11) is 3.38. The summed E-state index contributed by atoms with van der Waals surface area (Å²) >= 11 is 1.37. The average Bonchev–Trinajstić information content (AvgIpc) is 3.08. The highest BCUT2D eigenvalue weighted by Crippen LogP contribution is 2.43. The van der Waals surface area contributed by atoms with Crippen LogP contribution in [0.1, 0.15) is 33.7 Å². The molecule has 2 amide bonds. The van der Waals surface area contributed by atoms with Crippen LogP contribution in [0.15, 0.2) is 24.7 Å². The van der Waals surface area contributed by atoms with E-state index in [0.717, 1.165) is 18.5 Å². The fourth-order valence-electron chi connectivity index (χ4n) is 2.85. The van der Waals surface area contributed by atoms with Crippen LogP contribution < -0.4 is 10.6 Å². The number of aromatic amines is 2. The van der Waals surface area contributed by atoms with Gasteiger partial charge in [0.2, 0.25) is 0 Å². The molecule has 27 heavy (non-hydrogen) atoms. The van der Waals surface area contributed by atoms with E-state index in [0.29, 0.717) is 27.3 Å². The number of carbonyl (C=O) groups excluding carboxylic acids is 2. The number of nitrogens with one attached hydrogen (secondary N) is 2. The normalized spacial score (nSPS) is 13.6. The Morgan fingerprint density at radius 1 is 1.30 bits per heavy atom. The summed E-state index contributed by atoms with van der Waals surface area (Å²) in [6.07, 6.45) is 7.25. The Morgan fingerprint density at radius 3 is 2.67 bits per heavy atom. The first-order valence-corrected chi connectivity index (χ1v) is 9.26. The van der Waals surface area contributed by atoms with Gasteiger partial charge in [0, 0.05) is 32.5 Å². The number of amides is 2. The first kappa shape index (κ1) is 17.3. The second-order valence-electron chi connectivity index (χ2n) is 6.60. The van der Waals surface area contributed by atoms with E-state index in [1.165, 1.54) is 16.2 Å². The number of nitrogens with zero attached hydrogens (tertiary/aromatic N) is 4. The van der Waals surface area contributed by atoms with Crippen LogP contribution in [-0.2, 0) is 0 Å². The number of aromatic nitrogens is 4. The van der Waals surface area contributed by atoms with Crippen LogP contribution in [-0.4, -0.2) is 57.0 Å². The molecule has 1 saturated carbocycles. The number of rotatable bonds is 6. The first-order chi connectivity index (χ1) is 13.0. The molecule has 1 fully saturated rings. The summed E-state index contributed by atoms with van der Waals surface area (Å²) in [4.78, 5) is 35.9. The van der Waals surface area contributed by atoms with Crippen molar-refractivity contribution in [1.82, 2.24) is 25.1 Å². The summed E-state index contributed by atoms with van der Waals surface area (Å²) in [5.74, 6) is -0.730. The topological polar surface area (TPSA) is 124 Å². The van der Waals surface area contributed by atoms with Gasteiger partial charge in [-0.15, -0.1) is 0 Å². The van der Waals surface area contributed by atoms with Crippen LogP contribution in [0.5, 0.6) is 0 Å². The number of H-pyrrole nitrogens is 2. The zero-order valence-corrected chi connectivity index (χ0v) is 15.7. The van der Waals surface area contributed by atoms with Gasteiger partial charge in [0.05, 0.1) is 28.0 Å². The van der Waals surface area contributed by atoms with Gasteiger partial charge in [0.1, 0.15) is 0 Å². The maximum Gasteiger partial charge on any atom is 0.268 e. The lowest BCUT2D eigenvalue weighted by atomic mass is 10.2. The Kier molecular flexibility index (Phi) is 4.19. The third-order valence-corrected chi connectivity index (χ3v) is 5.40. The van der Waals surface area contributed by atoms with Crippen molar-refractivity contribution in [3.8, 4) is 10.6 Å². The van der Waals surface area contributed by atoms with Crippen molar-refractivity contribution >= 4 is 34.0 Å². The molecule has 0 atom stereocenters. The number of hydrogen-bond acceptors (Lipinski definition) is 6. The number of carbonyl (C=O) groups is 2. The first-order valence-electron chi connectivity index (χ1n) is 8.44. The highest BCUT2D eigenvalue weighted by atomic mass is 32.1. The zero-order valence-electron chi connectivity index (χ0n) is 14.9. The molecule has 140 valence electrons. The molecule has 1 aliphatic carbocycles. The molecule has 0 bridgehead atoms. The molecule has 0 unspecified atom stereocenters. The third kappa shape index (κ3) is 3.19. The Morgan fingerprint density at radius 2 is 2.07 bits per heavy atom. The van der Waals surface area contributed by atoms with E-state index in [4.69, 9.17) is 5.73 Å². The monoisotopic (exact) mass is 385 g/mol. The van der Waals surface area contributed by atoms with Gasteiger partial charge < -0.3 is 20.5 Å². The highest BCUT2D eigenvalue weighted by molar-refractivity contribution is 7.19. The molecule has 0 aliphatic heterocycles.